The number of pyridine rings is 1. The molecule has 0 saturated heterocycles. The van der Waals surface area contributed by atoms with Crippen LogP contribution in [0, 0.1) is 5.82 Å². The summed E-state index contributed by atoms with van der Waals surface area (Å²) in [6, 6.07) is 9.14. The number of aromatic nitrogens is 1. The van der Waals surface area contributed by atoms with Crippen molar-refractivity contribution in [3.63, 3.8) is 0 Å². The van der Waals surface area contributed by atoms with E-state index in [1.54, 1.807) is 12.3 Å². The van der Waals surface area contributed by atoms with Gasteiger partial charge in [0, 0.05) is 22.7 Å². The largest absolute Gasteiger partial charge is 0.256 e. The summed E-state index contributed by atoms with van der Waals surface area (Å²) in [6.45, 7) is 4.09. The van der Waals surface area contributed by atoms with E-state index in [-0.39, 0.29) is 11.2 Å². The summed E-state index contributed by atoms with van der Waals surface area (Å²) >= 11 is 0. The van der Waals surface area contributed by atoms with Crippen LogP contribution in [0.15, 0.2) is 36.5 Å². The Bertz CT molecular complexity index is 573. The van der Waals surface area contributed by atoms with Gasteiger partial charge in [-0.3, -0.25) is 4.98 Å². The number of halogens is 1. The molecule has 1 heterocycles. The molecule has 0 saturated carbocycles. The lowest BCUT2D eigenvalue weighted by atomic mass is 9.82. The van der Waals surface area contributed by atoms with Crippen LogP contribution in [0.25, 0.3) is 11.3 Å². The maximum Gasteiger partial charge on any atom is 0.127 e. The number of fused-ring (bicyclic) bond motifs is 3. The van der Waals surface area contributed by atoms with Crippen LogP contribution in [0.5, 0.6) is 0 Å². The van der Waals surface area contributed by atoms with Crippen molar-refractivity contribution in [2.24, 2.45) is 0 Å². The van der Waals surface area contributed by atoms with Gasteiger partial charge in [0.25, 0.3) is 0 Å². The van der Waals surface area contributed by atoms with E-state index in [1.807, 2.05) is 32.0 Å². The lowest BCUT2D eigenvalue weighted by Gasteiger charge is -2.21. The van der Waals surface area contributed by atoms with Crippen molar-refractivity contribution in [3.05, 3.63) is 53.5 Å². The molecule has 0 unspecified atom stereocenters. The molecule has 16 heavy (non-hydrogen) atoms. The molecule has 80 valence electrons. The highest BCUT2D eigenvalue weighted by Crippen LogP contribution is 2.48. The smallest absolute Gasteiger partial charge is 0.127 e. The van der Waals surface area contributed by atoms with E-state index < -0.39 is 0 Å². The second-order valence-electron chi connectivity index (χ2n) is 4.69. The molecule has 0 N–H and O–H groups in total. The van der Waals surface area contributed by atoms with Crippen LogP contribution >= 0.6 is 0 Å². The molecule has 0 radical (unpaired) electrons. The number of hydrogen-bond acceptors (Lipinski definition) is 1. The van der Waals surface area contributed by atoms with E-state index in [9.17, 15) is 4.39 Å². The maximum atomic E-state index is 13.9. The van der Waals surface area contributed by atoms with Crippen molar-refractivity contribution in [2.75, 3.05) is 0 Å². The predicted octanol–water partition coefficient (Wildman–Crippen LogP) is 3.53. The van der Waals surface area contributed by atoms with Gasteiger partial charge in [0.15, 0.2) is 0 Å². The Kier molecular flexibility index (Phi) is 1.73. The van der Waals surface area contributed by atoms with Crippen molar-refractivity contribution in [1.29, 1.82) is 0 Å². The van der Waals surface area contributed by atoms with Gasteiger partial charge in [-0.05, 0) is 17.7 Å². The van der Waals surface area contributed by atoms with Gasteiger partial charge in [0.1, 0.15) is 5.82 Å². The standard InChI is InChI=1S/C14H12FN/c1-14(2)10-6-4-8-16-13(10)9-5-3-7-11(15)12(9)14/h3-8H,1-2H3. The monoisotopic (exact) mass is 213 g/mol. The fraction of sp³-hybridized carbons (Fsp3) is 0.214. The van der Waals surface area contributed by atoms with E-state index in [1.165, 1.54) is 6.07 Å². The first kappa shape index (κ1) is 9.52. The lowest BCUT2D eigenvalue weighted by molar-refractivity contribution is 0.559. The molecule has 1 aromatic carbocycles. The first-order chi connectivity index (χ1) is 7.62. The normalized spacial score (nSPS) is 15.7. The Labute approximate surface area is 94.0 Å². The van der Waals surface area contributed by atoms with Gasteiger partial charge in [0.05, 0.1) is 5.69 Å². The van der Waals surface area contributed by atoms with Gasteiger partial charge in [-0.2, -0.15) is 0 Å². The highest BCUT2D eigenvalue weighted by Gasteiger charge is 2.38. The fourth-order valence-corrected chi connectivity index (χ4v) is 2.62. The number of nitrogens with zero attached hydrogens (tertiary/aromatic N) is 1. The molecule has 1 aliphatic rings. The molecule has 3 rings (SSSR count). The first-order valence-corrected chi connectivity index (χ1v) is 5.37. The van der Waals surface area contributed by atoms with Crippen molar-refractivity contribution < 1.29 is 4.39 Å². The van der Waals surface area contributed by atoms with Gasteiger partial charge in [-0.15, -0.1) is 0 Å². The van der Waals surface area contributed by atoms with Crippen molar-refractivity contribution in [3.8, 4) is 11.3 Å². The number of rotatable bonds is 0. The van der Waals surface area contributed by atoms with Crippen LogP contribution < -0.4 is 0 Å². The summed E-state index contributed by atoms with van der Waals surface area (Å²) in [7, 11) is 0. The van der Waals surface area contributed by atoms with Gasteiger partial charge < -0.3 is 0 Å². The molecule has 1 aromatic heterocycles. The Balaban J connectivity index is 2.44. The van der Waals surface area contributed by atoms with Crippen LogP contribution in [0.3, 0.4) is 0 Å². The minimum absolute atomic E-state index is 0.138. The van der Waals surface area contributed by atoms with Crippen LogP contribution in [0.1, 0.15) is 25.0 Å². The zero-order valence-corrected chi connectivity index (χ0v) is 9.29. The minimum Gasteiger partial charge on any atom is -0.256 e. The Morgan fingerprint density at radius 1 is 1.12 bits per heavy atom. The van der Waals surface area contributed by atoms with Gasteiger partial charge in [0.2, 0.25) is 0 Å². The summed E-state index contributed by atoms with van der Waals surface area (Å²) in [4.78, 5) is 4.37. The van der Waals surface area contributed by atoms with Crippen LogP contribution in [-0.4, -0.2) is 4.98 Å². The van der Waals surface area contributed by atoms with Crippen LogP contribution in [-0.2, 0) is 5.41 Å². The van der Waals surface area contributed by atoms with Gasteiger partial charge >= 0.3 is 0 Å². The van der Waals surface area contributed by atoms with Crippen molar-refractivity contribution >= 4 is 0 Å². The van der Waals surface area contributed by atoms with E-state index in [0.29, 0.717) is 0 Å². The van der Waals surface area contributed by atoms with Crippen LogP contribution in [0.4, 0.5) is 4.39 Å². The Morgan fingerprint density at radius 2 is 1.94 bits per heavy atom. The first-order valence-electron chi connectivity index (χ1n) is 5.37. The molecule has 0 fully saturated rings. The van der Waals surface area contributed by atoms with Gasteiger partial charge in [-0.1, -0.05) is 32.0 Å². The average molecular weight is 213 g/mol. The third-order valence-electron chi connectivity index (χ3n) is 3.37. The van der Waals surface area contributed by atoms with Gasteiger partial charge in [-0.25, -0.2) is 4.39 Å². The zero-order chi connectivity index (χ0) is 11.3. The van der Waals surface area contributed by atoms with Crippen LogP contribution in [0.2, 0.25) is 0 Å². The molecule has 1 aliphatic carbocycles. The molecule has 0 amide bonds. The van der Waals surface area contributed by atoms with E-state index in [2.05, 4.69) is 4.98 Å². The summed E-state index contributed by atoms with van der Waals surface area (Å²) in [6.07, 6.45) is 1.76. The number of hydrogen-bond donors (Lipinski definition) is 0. The molecule has 0 spiro atoms. The minimum atomic E-state index is -0.287. The molecule has 0 aliphatic heterocycles. The summed E-state index contributed by atoms with van der Waals surface area (Å²) < 4.78 is 13.9. The Hall–Kier alpha value is -1.70. The second kappa shape index (κ2) is 2.91. The summed E-state index contributed by atoms with van der Waals surface area (Å²) in [5.41, 5.74) is 3.44. The molecule has 2 heteroatoms. The summed E-state index contributed by atoms with van der Waals surface area (Å²) in [5.74, 6) is -0.138. The third-order valence-corrected chi connectivity index (χ3v) is 3.37. The summed E-state index contributed by atoms with van der Waals surface area (Å²) in [5, 5.41) is 0. The third kappa shape index (κ3) is 1.02. The SMILES string of the molecule is CC1(C)c2cccnc2-c2cccc(F)c21. The molecular weight excluding hydrogens is 201 g/mol. The van der Waals surface area contributed by atoms with Crippen molar-refractivity contribution in [2.45, 2.75) is 19.3 Å². The molecule has 0 atom stereocenters. The fourth-order valence-electron chi connectivity index (χ4n) is 2.62. The quantitative estimate of drug-likeness (QED) is 0.652. The average Bonchev–Trinajstić information content (AvgIpc) is 2.50. The molecule has 2 aromatic rings. The molecule has 0 bridgehead atoms. The predicted molar refractivity (Wildman–Crippen MR) is 61.8 cm³/mol. The number of benzene rings is 1. The van der Waals surface area contributed by atoms with E-state index >= 15 is 0 Å². The van der Waals surface area contributed by atoms with E-state index in [4.69, 9.17) is 0 Å². The lowest BCUT2D eigenvalue weighted by Crippen LogP contribution is -2.16. The van der Waals surface area contributed by atoms with Crippen molar-refractivity contribution in [1.82, 2.24) is 4.98 Å². The highest BCUT2D eigenvalue weighted by atomic mass is 19.1. The highest BCUT2D eigenvalue weighted by molar-refractivity contribution is 5.77. The molecule has 1 nitrogen and oxygen atoms in total. The second-order valence-corrected chi connectivity index (χ2v) is 4.69. The van der Waals surface area contributed by atoms with E-state index in [0.717, 1.165) is 22.4 Å². The zero-order valence-electron chi connectivity index (χ0n) is 9.29. The molecular formula is C14H12FN. The Morgan fingerprint density at radius 3 is 2.75 bits per heavy atom. The topological polar surface area (TPSA) is 12.9 Å². The maximum absolute atomic E-state index is 13.9.